The van der Waals surface area contributed by atoms with Gasteiger partial charge in [-0.05, 0) is 43.6 Å². The number of nitrogens with zero attached hydrogens (tertiary/aromatic N) is 2. The Morgan fingerprint density at radius 3 is 2.33 bits per heavy atom. The molecule has 1 saturated carbocycles. The first-order valence-corrected chi connectivity index (χ1v) is 11.4. The molecule has 3 fully saturated rings. The molecule has 1 aromatic rings. The van der Waals surface area contributed by atoms with E-state index in [1.54, 1.807) is 24.3 Å². The van der Waals surface area contributed by atoms with Crippen LogP contribution < -0.4 is 16.1 Å². The van der Waals surface area contributed by atoms with Gasteiger partial charge in [0.15, 0.2) is 0 Å². The van der Waals surface area contributed by atoms with Crippen LogP contribution in [0, 0.1) is 5.92 Å². The second-order valence-corrected chi connectivity index (χ2v) is 9.21. The van der Waals surface area contributed by atoms with E-state index < -0.39 is 47.4 Å². The van der Waals surface area contributed by atoms with E-state index in [0.29, 0.717) is 42.2 Å². The van der Waals surface area contributed by atoms with Gasteiger partial charge in [0, 0.05) is 0 Å². The van der Waals surface area contributed by atoms with Crippen LogP contribution in [-0.4, -0.2) is 51.8 Å². The molecule has 1 aromatic carbocycles. The normalized spacial score (nSPS) is 29.5. The maximum atomic E-state index is 13.3. The number of nitrogens with one attached hydrogen (secondary N) is 3. The first-order valence-electron chi connectivity index (χ1n) is 11.4. The van der Waals surface area contributed by atoms with E-state index in [4.69, 9.17) is 0 Å². The summed E-state index contributed by atoms with van der Waals surface area (Å²) >= 11 is 0. The van der Waals surface area contributed by atoms with E-state index in [9.17, 15) is 24.0 Å². The van der Waals surface area contributed by atoms with Crippen LogP contribution in [0.2, 0.25) is 0 Å². The average molecular weight is 456 g/mol. The molecule has 1 atom stereocenters. The number of hydrazine groups is 1. The third-order valence-corrected chi connectivity index (χ3v) is 6.90. The van der Waals surface area contributed by atoms with Crippen LogP contribution in [-0.2, 0) is 19.9 Å². The van der Waals surface area contributed by atoms with Gasteiger partial charge in [0.2, 0.25) is 0 Å². The van der Waals surface area contributed by atoms with Crippen LogP contribution >= 0.6 is 0 Å². The zero-order valence-electron chi connectivity index (χ0n) is 18.8. The molecule has 10 heteroatoms. The fraction of sp³-hybridized carbons (Fsp3) is 0.522. The summed E-state index contributed by atoms with van der Waals surface area (Å²) in [4.78, 5) is 64.9. The van der Waals surface area contributed by atoms with Gasteiger partial charge in [-0.15, -0.1) is 0 Å². The smallest absolute Gasteiger partial charge is 0.322 e. The van der Waals surface area contributed by atoms with Gasteiger partial charge in [-0.1, -0.05) is 50.6 Å². The molecule has 0 bridgehead atoms. The maximum absolute atomic E-state index is 13.3. The highest BCUT2D eigenvalue weighted by molar-refractivity contribution is 6.11. The fourth-order valence-electron chi connectivity index (χ4n) is 5.00. The molecular formula is C23H29N5O5. The Hall–Kier alpha value is -3.43. The van der Waals surface area contributed by atoms with Crippen LogP contribution in [0.5, 0.6) is 0 Å². The van der Waals surface area contributed by atoms with Crippen molar-refractivity contribution >= 4 is 29.8 Å². The third-order valence-electron chi connectivity index (χ3n) is 6.90. The Labute approximate surface area is 192 Å². The van der Waals surface area contributed by atoms with Crippen molar-refractivity contribution in [2.24, 2.45) is 5.92 Å². The van der Waals surface area contributed by atoms with Crippen molar-refractivity contribution in [2.45, 2.75) is 63.5 Å². The van der Waals surface area contributed by atoms with Crippen molar-refractivity contribution in [2.75, 3.05) is 6.54 Å². The van der Waals surface area contributed by atoms with Gasteiger partial charge >= 0.3 is 12.1 Å². The van der Waals surface area contributed by atoms with Gasteiger partial charge in [0.05, 0.1) is 0 Å². The van der Waals surface area contributed by atoms with E-state index in [2.05, 4.69) is 23.0 Å². The van der Waals surface area contributed by atoms with E-state index >= 15 is 0 Å². The van der Waals surface area contributed by atoms with Crippen LogP contribution in [0.25, 0.3) is 0 Å². The van der Waals surface area contributed by atoms with Gasteiger partial charge in [0.25, 0.3) is 17.7 Å². The van der Waals surface area contributed by atoms with E-state index in [1.807, 2.05) is 13.0 Å². The molecule has 0 aromatic heterocycles. The predicted molar refractivity (Wildman–Crippen MR) is 117 cm³/mol. The molecule has 3 aliphatic rings. The quantitative estimate of drug-likeness (QED) is 0.563. The van der Waals surface area contributed by atoms with Gasteiger partial charge < -0.3 is 10.6 Å². The monoisotopic (exact) mass is 455 g/mol. The first kappa shape index (κ1) is 22.8. The van der Waals surface area contributed by atoms with Gasteiger partial charge in [-0.2, -0.15) is 5.01 Å². The number of imide groups is 2. The lowest BCUT2D eigenvalue weighted by Crippen LogP contribution is -2.53. The summed E-state index contributed by atoms with van der Waals surface area (Å²) in [6, 6.07) is 7.49. The zero-order valence-corrected chi connectivity index (χ0v) is 18.8. The summed E-state index contributed by atoms with van der Waals surface area (Å²) in [5.74, 6) is -1.37. The van der Waals surface area contributed by atoms with Crippen molar-refractivity contribution in [1.82, 2.24) is 26.0 Å². The minimum absolute atomic E-state index is 0.369. The summed E-state index contributed by atoms with van der Waals surface area (Å²) in [7, 11) is 0. The topological polar surface area (TPSA) is 128 Å². The second-order valence-electron chi connectivity index (χ2n) is 9.21. The molecular weight excluding hydrogens is 426 g/mol. The van der Waals surface area contributed by atoms with E-state index in [1.165, 1.54) is 0 Å². The van der Waals surface area contributed by atoms with Gasteiger partial charge in [-0.25, -0.2) is 9.59 Å². The number of amides is 7. The van der Waals surface area contributed by atoms with Crippen molar-refractivity contribution in [3.8, 4) is 0 Å². The Bertz CT molecular complexity index is 988. The Balaban J connectivity index is 1.46. The zero-order chi connectivity index (χ0) is 23.8. The summed E-state index contributed by atoms with van der Waals surface area (Å²) in [5.41, 5.74) is 0.671. The molecule has 4 rings (SSSR count). The van der Waals surface area contributed by atoms with Crippen LogP contribution in [0.1, 0.15) is 57.9 Å². The summed E-state index contributed by atoms with van der Waals surface area (Å²) in [5, 5.41) is 6.14. The standard InChI is InChI=1S/C23H29N5O5/c1-3-11-23(16-7-5-4-6-8-16)19(31)27(20(32)25-23)14-17(29)26-28-18(30)22(24-21(28)33)12-9-15(2)10-13-22/h4-8,15H,3,9-14H2,1-2H3,(H,24,33)(H,25,32)(H,26,29). The van der Waals surface area contributed by atoms with Crippen LogP contribution in [0.4, 0.5) is 9.59 Å². The predicted octanol–water partition coefficient (Wildman–Crippen LogP) is 1.77. The van der Waals surface area contributed by atoms with E-state index in [0.717, 1.165) is 17.7 Å². The number of hydrogen-bond acceptors (Lipinski definition) is 5. The molecule has 3 N–H and O–H groups in total. The Morgan fingerprint density at radius 1 is 1.03 bits per heavy atom. The van der Waals surface area contributed by atoms with Crippen molar-refractivity contribution < 1.29 is 24.0 Å². The van der Waals surface area contributed by atoms with Crippen LogP contribution in [0.15, 0.2) is 30.3 Å². The summed E-state index contributed by atoms with van der Waals surface area (Å²) in [6.45, 7) is 3.39. The number of carbonyl (C=O) groups excluding carboxylic acids is 5. The van der Waals surface area contributed by atoms with E-state index in [-0.39, 0.29) is 0 Å². The van der Waals surface area contributed by atoms with Crippen molar-refractivity contribution in [1.29, 1.82) is 0 Å². The molecule has 10 nitrogen and oxygen atoms in total. The molecule has 2 heterocycles. The molecule has 1 unspecified atom stereocenters. The molecule has 2 aliphatic heterocycles. The highest BCUT2D eigenvalue weighted by atomic mass is 16.2. The molecule has 1 aliphatic carbocycles. The highest BCUT2D eigenvalue weighted by Crippen LogP contribution is 2.36. The Kier molecular flexibility index (Phi) is 5.85. The minimum Gasteiger partial charge on any atom is -0.322 e. The van der Waals surface area contributed by atoms with Crippen LogP contribution in [0.3, 0.4) is 0 Å². The fourth-order valence-corrected chi connectivity index (χ4v) is 5.00. The molecule has 1 spiro atoms. The highest BCUT2D eigenvalue weighted by Gasteiger charge is 2.54. The SMILES string of the molecule is CCCC1(c2ccccc2)NC(=O)N(CC(=O)NN2C(=O)NC3(CCC(C)CC3)C2=O)C1=O. The number of urea groups is 2. The largest absolute Gasteiger partial charge is 0.344 e. The molecule has 2 saturated heterocycles. The molecule has 176 valence electrons. The van der Waals surface area contributed by atoms with Crippen molar-refractivity contribution in [3.05, 3.63) is 35.9 Å². The lowest BCUT2D eigenvalue weighted by atomic mass is 9.77. The lowest BCUT2D eigenvalue weighted by molar-refractivity contribution is -0.141. The average Bonchev–Trinajstić information content (AvgIpc) is 3.17. The summed E-state index contributed by atoms with van der Waals surface area (Å²) < 4.78 is 0. The maximum Gasteiger partial charge on any atom is 0.344 e. The number of benzene rings is 1. The van der Waals surface area contributed by atoms with Gasteiger partial charge in [-0.3, -0.25) is 24.7 Å². The minimum atomic E-state index is -1.25. The molecule has 33 heavy (non-hydrogen) atoms. The van der Waals surface area contributed by atoms with Crippen molar-refractivity contribution in [3.63, 3.8) is 0 Å². The molecule has 0 radical (unpaired) electrons. The third kappa shape index (κ3) is 3.83. The summed E-state index contributed by atoms with van der Waals surface area (Å²) in [6.07, 6.45) is 3.62. The lowest BCUT2D eigenvalue weighted by Gasteiger charge is -2.33. The molecule has 7 amide bonds. The van der Waals surface area contributed by atoms with Gasteiger partial charge in [0.1, 0.15) is 17.6 Å². The first-order chi connectivity index (χ1) is 15.7. The second kappa shape index (κ2) is 8.49. The number of rotatable bonds is 6. The number of hydrogen-bond donors (Lipinski definition) is 3. The Morgan fingerprint density at radius 2 is 1.70 bits per heavy atom. The number of carbonyl (C=O) groups is 5.